The summed E-state index contributed by atoms with van der Waals surface area (Å²) in [6, 6.07) is 4.66. The number of nitrogens with zero attached hydrogens (tertiary/aromatic N) is 1. The van der Waals surface area contributed by atoms with Gasteiger partial charge in [-0.1, -0.05) is 11.6 Å². The fraction of sp³-hybridized carbons (Fsp3) is 0. The third-order valence-electron chi connectivity index (χ3n) is 1.62. The fourth-order valence-corrected chi connectivity index (χ4v) is 1.18. The van der Waals surface area contributed by atoms with E-state index >= 15 is 0 Å². The molecule has 0 aliphatic heterocycles. The summed E-state index contributed by atoms with van der Waals surface area (Å²) < 4.78 is 10.3. The van der Waals surface area contributed by atoms with E-state index in [9.17, 15) is 4.79 Å². The Balaban J connectivity index is 2.18. The quantitative estimate of drug-likeness (QED) is 0.751. The zero-order chi connectivity index (χ0) is 10.7. The van der Waals surface area contributed by atoms with Gasteiger partial charge in [-0.25, -0.2) is 0 Å². The van der Waals surface area contributed by atoms with E-state index in [-0.39, 0.29) is 11.7 Å². The number of furan rings is 1. The summed E-state index contributed by atoms with van der Waals surface area (Å²) in [6.45, 7) is 0. The summed E-state index contributed by atoms with van der Waals surface area (Å²) in [7, 11) is 0. The smallest absolute Gasteiger partial charge is 0.290 e. The number of aromatic nitrogens is 1. The maximum atomic E-state index is 10.3. The molecule has 0 radical (unpaired) electrons. The van der Waals surface area contributed by atoms with Crippen molar-refractivity contribution in [1.29, 1.82) is 0 Å². The van der Waals surface area contributed by atoms with E-state index in [1.54, 1.807) is 12.1 Å². The summed E-state index contributed by atoms with van der Waals surface area (Å²) in [5.41, 5.74) is 0. The number of hydrogen-bond acceptors (Lipinski definition) is 4. The second kappa shape index (κ2) is 4.14. The Hall–Kier alpha value is -1.81. The van der Waals surface area contributed by atoms with Gasteiger partial charge in [0.05, 0.1) is 11.2 Å². The van der Waals surface area contributed by atoms with E-state index in [1.165, 1.54) is 18.5 Å². The van der Waals surface area contributed by atoms with Crippen molar-refractivity contribution >= 4 is 17.9 Å². The molecular weight excluding hydrogens is 218 g/mol. The molecule has 0 atom stereocenters. The molecule has 0 fully saturated rings. The van der Waals surface area contributed by atoms with Crippen molar-refractivity contribution in [3.8, 4) is 11.7 Å². The number of ether oxygens (including phenoxy) is 1. The molecule has 15 heavy (non-hydrogen) atoms. The van der Waals surface area contributed by atoms with Crippen molar-refractivity contribution in [2.24, 2.45) is 0 Å². The van der Waals surface area contributed by atoms with Crippen LogP contribution in [0.5, 0.6) is 11.7 Å². The Morgan fingerprint density at radius 1 is 1.40 bits per heavy atom. The van der Waals surface area contributed by atoms with Crippen LogP contribution in [0.15, 0.2) is 35.0 Å². The van der Waals surface area contributed by atoms with Gasteiger partial charge in [-0.3, -0.25) is 9.78 Å². The Labute approximate surface area is 90.4 Å². The van der Waals surface area contributed by atoms with Crippen molar-refractivity contribution in [3.63, 3.8) is 0 Å². The number of carbonyl (C=O) groups excluding carboxylic acids is 1. The molecule has 2 aromatic heterocycles. The molecule has 0 aromatic carbocycles. The first-order chi connectivity index (χ1) is 7.28. The van der Waals surface area contributed by atoms with E-state index in [2.05, 4.69) is 4.98 Å². The maximum absolute atomic E-state index is 10.3. The average Bonchev–Trinajstić information content (AvgIpc) is 2.65. The van der Waals surface area contributed by atoms with E-state index in [0.717, 1.165) is 0 Å². The molecule has 0 N–H and O–H groups in total. The third-order valence-corrected chi connectivity index (χ3v) is 1.82. The maximum Gasteiger partial charge on any atom is 0.290 e. The third kappa shape index (κ3) is 2.35. The average molecular weight is 224 g/mol. The molecule has 2 rings (SSSR count). The Kier molecular flexibility index (Phi) is 2.69. The Bertz CT molecular complexity index is 481. The van der Waals surface area contributed by atoms with Gasteiger partial charge in [0.15, 0.2) is 17.8 Å². The topological polar surface area (TPSA) is 52.3 Å². The van der Waals surface area contributed by atoms with E-state index in [1.807, 2.05) is 0 Å². The minimum absolute atomic E-state index is 0.208. The number of rotatable bonds is 3. The van der Waals surface area contributed by atoms with Crippen LogP contribution in [-0.4, -0.2) is 11.3 Å². The highest BCUT2D eigenvalue weighted by atomic mass is 35.5. The van der Waals surface area contributed by atoms with Gasteiger partial charge in [0.25, 0.3) is 5.95 Å². The number of halogens is 1. The van der Waals surface area contributed by atoms with Crippen LogP contribution >= 0.6 is 11.6 Å². The van der Waals surface area contributed by atoms with Crippen molar-refractivity contribution in [3.05, 3.63) is 41.4 Å². The van der Waals surface area contributed by atoms with Crippen LogP contribution in [0.25, 0.3) is 0 Å². The number of hydrogen-bond donors (Lipinski definition) is 0. The second-order valence-electron chi connectivity index (χ2n) is 2.72. The lowest BCUT2D eigenvalue weighted by Crippen LogP contribution is -1.82. The van der Waals surface area contributed by atoms with Gasteiger partial charge in [0.2, 0.25) is 0 Å². The summed E-state index contributed by atoms with van der Waals surface area (Å²) in [6.07, 6.45) is 3.59. The highest BCUT2D eigenvalue weighted by Crippen LogP contribution is 2.24. The summed E-state index contributed by atoms with van der Waals surface area (Å²) in [5.74, 6) is 0.885. The van der Waals surface area contributed by atoms with Crippen molar-refractivity contribution in [1.82, 2.24) is 4.98 Å². The largest absolute Gasteiger partial charge is 0.424 e. The lowest BCUT2D eigenvalue weighted by atomic mass is 10.4. The number of aldehydes is 1. The van der Waals surface area contributed by atoms with E-state index in [0.29, 0.717) is 17.1 Å². The molecule has 0 unspecified atom stereocenters. The lowest BCUT2D eigenvalue weighted by Gasteiger charge is -2.00. The van der Waals surface area contributed by atoms with Crippen LogP contribution in [0.1, 0.15) is 10.6 Å². The molecular formula is C10H6ClNO3. The van der Waals surface area contributed by atoms with Crippen LogP contribution in [0.2, 0.25) is 5.02 Å². The molecule has 0 aliphatic carbocycles. The molecule has 2 heterocycles. The first-order valence-corrected chi connectivity index (χ1v) is 4.49. The SMILES string of the molecule is O=Cc1ccc(Oc2cncc(Cl)c2)o1. The lowest BCUT2D eigenvalue weighted by molar-refractivity contribution is 0.109. The molecule has 0 saturated carbocycles. The van der Waals surface area contributed by atoms with Gasteiger partial charge < -0.3 is 9.15 Å². The molecule has 0 spiro atoms. The summed E-state index contributed by atoms with van der Waals surface area (Å²) in [4.78, 5) is 14.2. The minimum atomic E-state index is 0.208. The first kappa shape index (κ1) is 9.73. The number of pyridine rings is 1. The molecule has 2 aromatic rings. The molecule has 4 nitrogen and oxygen atoms in total. The predicted molar refractivity (Wildman–Crippen MR) is 53.4 cm³/mol. The first-order valence-electron chi connectivity index (χ1n) is 4.11. The molecule has 0 saturated heterocycles. The zero-order valence-corrected chi connectivity index (χ0v) is 8.27. The van der Waals surface area contributed by atoms with Gasteiger partial charge >= 0.3 is 0 Å². The van der Waals surface area contributed by atoms with Gasteiger partial charge in [0, 0.05) is 18.3 Å². The highest BCUT2D eigenvalue weighted by Gasteiger charge is 2.03. The van der Waals surface area contributed by atoms with Crippen LogP contribution in [0.4, 0.5) is 0 Å². The van der Waals surface area contributed by atoms with Crippen molar-refractivity contribution in [2.75, 3.05) is 0 Å². The molecule has 0 bridgehead atoms. The van der Waals surface area contributed by atoms with Gasteiger partial charge in [-0.05, 0) is 6.07 Å². The Morgan fingerprint density at radius 2 is 2.27 bits per heavy atom. The van der Waals surface area contributed by atoms with Gasteiger partial charge in [0.1, 0.15) is 0 Å². The second-order valence-corrected chi connectivity index (χ2v) is 3.15. The van der Waals surface area contributed by atoms with Gasteiger partial charge in [-0.15, -0.1) is 0 Å². The molecule has 76 valence electrons. The molecule has 5 heteroatoms. The summed E-state index contributed by atoms with van der Waals surface area (Å²) >= 11 is 5.71. The van der Waals surface area contributed by atoms with Crippen molar-refractivity contribution in [2.45, 2.75) is 0 Å². The van der Waals surface area contributed by atoms with Crippen LogP contribution in [0, 0.1) is 0 Å². The Morgan fingerprint density at radius 3 is 2.93 bits per heavy atom. The zero-order valence-electron chi connectivity index (χ0n) is 7.51. The number of carbonyl (C=O) groups is 1. The van der Waals surface area contributed by atoms with Crippen LogP contribution < -0.4 is 4.74 Å². The normalized spacial score (nSPS) is 9.93. The fourth-order valence-electron chi connectivity index (χ4n) is 1.02. The standard InChI is InChI=1S/C10H6ClNO3/c11-7-3-9(5-12-4-7)15-10-2-1-8(6-13)14-10/h1-6H. The van der Waals surface area contributed by atoms with Crippen LogP contribution in [0.3, 0.4) is 0 Å². The highest BCUT2D eigenvalue weighted by molar-refractivity contribution is 6.30. The predicted octanol–water partition coefficient (Wildman–Crippen LogP) is 2.93. The van der Waals surface area contributed by atoms with Crippen molar-refractivity contribution < 1.29 is 13.9 Å². The van der Waals surface area contributed by atoms with Crippen LogP contribution in [-0.2, 0) is 0 Å². The molecule has 0 amide bonds. The van der Waals surface area contributed by atoms with Gasteiger partial charge in [-0.2, -0.15) is 0 Å². The summed E-state index contributed by atoms with van der Waals surface area (Å²) in [5, 5.41) is 0.467. The molecule has 0 aliphatic rings. The monoisotopic (exact) mass is 223 g/mol. The van der Waals surface area contributed by atoms with E-state index < -0.39 is 0 Å². The minimum Gasteiger partial charge on any atom is -0.424 e. The van der Waals surface area contributed by atoms with E-state index in [4.69, 9.17) is 20.8 Å².